The quantitative estimate of drug-likeness (QED) is 0.618. The van der Waals surface area contributed by atoms with Crippen LogP contribution in [0.4, 0.5) is 0 Å². The molecule has 0 radical (unpaired) electrons. The van der Waals surface area contributed by atoms with E-state index in [0.717, 1.165) is 38.5 Å². The van der Waals surface area contributed by atoms with E-state index in [0.29, 0.717) is 11.0 Å². The first-order valence-electron chi connectivity index (χ1n) is 7.76. The van der Waals surface area contributed by atoms with E-state index in [4.69, 9.17) is 18.0 Å². The van der Waals surface area contributed by atoms with Crippen LogP contribution < -0.4 is 11.1 Å². The third kappa shape index (κ3) is 3.47. The summed E-state index contributed by atoms with van der Waals surface area (Å²) in [7, 11) is 0. The van der Waals surface area contributed by atoms with E-state index >= 15 is 0 Å². The highest BCUT2D eigenvalue weighted by molar-refractivity contribution is 7.80. The van der Waals surface area contributed by atoms with Gasteiger partial charge in [0.2, 0.25) is 5.91 Å². The topological polar surface area (TPSA) is 55.1 Å². The number of carbonyl (C=O) groups is 1. The number of rotatable bonds is 3. The lowest BCUT2D eigenvalue weighted by Gasteiger charge is -2.33. The maximum Gasteiger partial charge on any atom is 0.233 e. The molecular weight excluding hydrogens is 256 g/mol. The van der Waals surface area contributed by atoms with Gasteiger partial charge in [-0.15, -0.1) is 0 Å². The van der Waals surface area contributed by atoms with Crippen LogP contribution in [-0.4, -0.2) is 16.9 Å². The summed E-state index contributed by atoms with van der Waals surface area (Å²) in [6.07, 6.45) is 12.2. The van der Waals surface area contributed by atoms with E-state index in [1.807, 2.05) is 0 Å². The third-order valence-corrected chi connectivity index (χ3v) is 5.19. The van der Waals surface area contributed by atoms with Gasteiger partial charge in [-0.05, 0) is 25.7 Å². The molecule has 0 aromatic rings. The second-order valence-corrected chi connectivity index (χ2v) is 6.61. The molecule has 108 valence electrons. The highest BCUT2D eigenvalue weighted by atomic mass is 32.1. The maximum absolute atomic E-state index is 12.7. The van der Waals surface area contributed by atoms with Crippen LogP contribution in [0.1, 0.15) is 70.6 Å². The molecule has 1 amide bonds. The molecule has 3 nitrogen and oxygen atoms in total. The number of nitrogens with two attached hydrogens (primary N) is 1. The zero-order chi connectivity index (χ0) is 13.7. The second-order valence-electron chi connectivity index (χ2n) is 6.17. The smallest absolute Gasteiger partial charge is 0.233 e. The van der Waals surface area contributed by atoms with Gasteiger partial charge in [0.15, 0.2) is 0 Å². The van der Waals surface area contributed by atoms with Crippen LogP contribution in [0.15, 0.2) is 0 Å². The first kappa shape index (κ1) is 14.8. The molecule has 0 bridgehead atoms. The Morgan fingerprint density at radius 3 is 2.05 bits per heavy atom. The summed E-state index contributed by atoms with van der Waals surface area (Å²) in [6, 6.07) is 0.343. The molecule has 2 aliphatic rings. The van der Waals surface area contributed by atoms with Gasteiger partial charge in [-0.1, -0.05) is 57.2 Å². The number of amides is 1. The van der Waals surface area contributed by atoms with Crippen molar-refractivity contribution in [3.05, 3.63) is 0 Å². The molecule has 2 rings (SSSR count). The van der Waals surface area contributed by atoms with Crippen molar-refractivity contribution < 1.29 is 4.79 Å². The normalized spacial score (nSPS) is 24.4. The standard InChI is InChI=1S/C15H26N2OS/c16-13(19)15(10-6-1-2-7-11-15)14(18)17-12-8-4-3-5-9-12/h12H,1-11H2,(H2,16,19)(H,17,18). The van der Waals surface area contributed by atoms with Crippen LogP contribution in [0.5, 0.6) is 0 Å². The Hall–Kier alpha value is -0.640. The zero-order valence-electron chi connectivity index (χ0n) is 11.7. The summed E-state index contributed by atoms with van der Waals surface area (Å²) in [6.45, 7) is 0. The number of thiocarbonyl (C=S) groups is 1. The molecule has 2 aliphatic carbocycles. The predicted octanol–water partition coefficient (Wildman–Crippen LogP) is 3.06. The molecule has 0 aromatic heterocycles. The van der Waals surface area contributed by atoms with Crippen molar-refractivity contribution in [1.82, 2.24) is 5.32 Å². The van der Waals surface area contributed by atoms with Crippen molar-refractivity contribution in [2.45, 2.75) is 76.7 Å². The summed E-state index contributed by atoms with van der Waals surface area (Å²) >= 11 is 5.25. The minimum Gasteiger partial charge on any atom is -0.392 e. The average Bonchev–Trinajstić information content (AvgIpc) is 2.66. The molecule has 0 atom stereocenters. The van der Waals surface area contributed by atoms with E-state index < -0.39 is 5.41 Å². The van der Waals surface area contributed by atoms with Crippen LogP contribution in [0.2, 0.25) is 0 Å². The van der Waals surface area contributed by atoms with Gasteiger partial charge in [-0.25, -0.2) is 0 Å². The lowest BCUT2D eigenvalue weighted by molar-refractivity contribution is -0.129. The molecule has 19 heavy (non-hydrogen) atoms. The minimum absolute atomic E-state index is 0.105. The summed E-state index contributed by atoms with van der Waals surface area (Å²) in [5.41, 5.74) is 5.38. The van der Waals surface area contributed by atoms with Crippen LogP contribution in [-0.2, 0) is 4.79 Å². The van der Waals surface area contributed by atoms with Gasteiger partial charge in [0.25, 0.3) is 0 Å². The second kappa shape index (κ2) is 6.69. The Kier molecular flexibility index (Phi) is 5.20. The fraction of sp³-hybridized carbons (Fsp3) is 0.867. The minimum atomic E-state index is -0.566. The van der Waals surface area contributed by atoms with Crippen molar-refractivity contribution >= 4 is 23.1 Å². The van der Waals surface area contributed by atoms with E-state index in [9.17, 15) is 4.79 Å². The van der Waals surface area contributed by atoms with Gasteiger partial charge in [0.05, 0.1) is 10.4 Å². The van der Waals surface area contributed by atoms with Gasteiger partial charge in [0, 0.05) is 6.04 Å². The van der Waals surface area contributed by atoms with E-state index in [2.05, 4.69) is 5.32 Å². The molecule has 0 unspecified atom stereocenters. The van der Waals surface area contributed by atoms with Gasteiger partial charge in [-0.3, -0.25) is 4.79 Å². The molecule has 0 spiro atoms. The number of carbonyl (C=O) groups excluding carboxylic acids is 1. The molecule has 0 heterocycles. The van der Waals surface area contributed by atoms with E-state index in [-0.39, 0.29) is 5.91 Å². The summed E-state index contributed by atoms with van der Waals surface area (Å²) in [4.78, 5) is 13.1. The van der Waals surface area contributed by atoms with Crippen LogP contribution in [0.3, 0.4) is 0 Å². The van der Waals surface area contributed by atoms with Gasteiger partial charge in [-0.2, -0.15) is 0 Å². The highest BCUT2D eigenvalue weighted by Gasteiger charge is 2.42. The molecule has 4 heteroatoms. The van der Waals surface area contributed by atoms with E-state index in [1.165, 1.54) is 32.1 Å². The lowest BCUT2D eigenvalue weighted by atomic mass is 9.78. The third-order valence-electron chi connectivity index (χ3n) is 4.80. The fourth-order valence-electron chi connectivity index (χ4n) is 3.49. The van der Waals surface area contributed by atoms with Crippen molar-refractivity contribution in [2.75, 3.05) is 0 Å². The van der Waals surface area contributed by atoms with Crippen molar-refractivity contribution in [1.29, 1.82) is 0 Å². The Bertz CT molecular complexity index is 329. The average molecular weight is 282 g/mol. The Morgan fingerprint density at radius 1 is 1.00 bits per heavy atom. The molecule has 3 N–H and O–H groups in total. The molecule has 0 aromatic carbocycles. The van der Waals surface area contributed by atoms with Crippen molar-refractivity contribution in [2.24, 2.45) is 11.1 Å². The zero-order valence-corrected chi connectivity index (χ0v) is 12.6. The maximum atomic E-state index is 12.7. The molecule has 0 saturated heterocycles. The monoisotopic (exact) mass is 282 g/mol. The largest absolute Gasteiger partial charge is 0.392 e. The van der Waals surface area contributed by atoms with Gasteiger partial charge >= 0.3 is 0 Å². The highest BCUT2D eigenvalue weighted by Crippen LogP contribution is 2.36. The molecular formula is C15H26N2OS. The first-order valence-corrected chi connectivity index (χ1v) is 8.17. The van der Waals surface area contributed by atoms with Crippen LogP contribution in [0, 0.1) is 5.41 Å². The Morgan fingerprint density at radius 2 is 1.53 bits per heavy atom. The fourth-order valence-corrected chi connectivity index (χ4v) is 3.78. The van der Waals surface area contributed by atoms with Crippen molar-refractivity contribution in [3.63, 3.8) is 0 Å². The lowest BCUT2D eigenvalue weighted by Crippen LogP contribution is -2.51. The van der Waals surface area contributed by atoms with Crippen LogP contribution >= 0.6 is 12.2 Å². The first-order chi connectivity index (χ1) is 9.15. The van der Waals surface area contributed by atoms with Gasteiger partial charge in [0.1, 0.15) is 0 Å². The Balaban J connectivity index is 2.04. The number of hydrogen-bond acceptors (Lipinski definition) is 2. The predicted molar refractivity (Wildman–Crippen MR) is 81.9 cm³/mol. The summed E-state index contributed by atoms with van der Waals surface area (Å²) < 4.78 is 0. The van der Waals surface area contributed by atoms with Crippen LogP contribution in [0.25, 0.3) is 0 Å². The SMILES string of the molecule is NC(=S)C1(C(=O)NC2CCCCC2)CCCCCC1. The molecule has 2 saturated carbocycles. The number of nitrogens with one attached hydrogen (secondary N) is 1. The van der Waals surface area contributed by atoms with E-state index in [1.54, 1.807) is 0 Å². The summed E-state index contributed by atoms with van der Waals surface area (Å²) in [5.74, 6) is 0.105. The number of hydrogen-bond donors (Lipinski definition) is 2. The van der Waals surface area contributed by atoms with Crippen molar-refractivity contribution in [3.8, 4) is 0 Å². The Labute approximate surface area is 121 Å². The molecule has 0 aliphatic heterocycles. The van der Waals surface area contributed by atoms with Gasteiger partial charge < -0.3 is 11.1 Å². The molecule has 2 fully saturated rings. The summed E-state index contributed by atoms with van der Waals surface area (Å²) in [5, 5.41) is 3.23.